The van der Waals surface area contributed by atoms with Crippen LogP contribution in [0.1, 0.15) is 29.0 Å². The lowest BCUT2D eigenvalue weighted by Crippen LogP contribution is -2.36. The van der Waals surface area contributed by atoms with Gasteiger partial charge in [-0.15, -0.1) is 0 Å². The van der Waals surface area contributed by atoms with Gasteiger partial charge in [0.1, 0.15) is 11.6 Å². The smallest absolute Gasteiger partial charge is 0.261 e. The van der Waals surface area contributed by atoms with E-state index in [-0.39, 0.29) is 30.2 Å². The van der Waals surface area contributed by atoms with Crippen LogP contribution in [0, 0.1) is 5.82 Å². The van der Waals surface area contributed by atoms with Gasteiger partial charge in [0.25, 0.3) is 5.56 Å². The Morgan fingerprint density at radius 2 is 1.78 bits per heavy atom. The molecule has 0 fully saturated rings. The molecule has 3 heterocycles. The van der Waals surface area contributed by atoms with Crippen LogP contribution in [0.2, 0.25) is 0 Å². The number of para-hydroxylation sites is 3. The van der Waals surface area contributed by atoms with Crippen LogP contribution in [0.4, 0.5) is 10.2 Å². The Morgan fingerprint density at radius 1 is 1.00 bits per heavy atom. The number of nitrogens with zero attached hydrogens (tertiary/aromatic N) is 3. The minimum absolute atomic E-state index is 0.0560. The van der Waals surface area contributed by atoms with Crippen molar-refractivity contribution in [3.05, 3.63) is 99.6 Å². The van der Waals surface area contributed by atoms with Crippen molar-refractivity contribution < 1.29 is 18.7 Å². The quantitative estimate of drug-likeness (QED) is 0.390. The van der Waals surface area contributed by atoms with Gasteiger partial charge >= 0.3 is 0 Å². The summed E-state index contributed by atoms with van der Waals surface area (Å²) < 4.78 is 28.1. The summed E-state index contributed by atoms with van der Waals surface area (Å²) in [5.41, 5.74) is 2.97. The molecular formula is C28H23FN4O4. The Morgan fingerprint density at radius 3 is 2.54 bits per heavy atom. The van der Waals surface area contributed by atoms with Crippen LogP contribution in [0.25, 0.3) is 16.8 Å². The highest BCUT2D eigenvalue weighted by atomic mass is 19.1. The van der Waals surface area contributed by atoms with E-state index < -0.39 is 5.92 Å². The van der Waals surface area contributed by atoms with Gasteiger partial charge in [0.2, 0.25) is 11.7 Å². The minimum atomic E-state index is -0.591. The number of methoxy groups -OCH3 is 2. The Hall–Kier alpha value is -4.66. The van der Waals surface area contributed by atoms with E-state index in [4.69, 9.17) is 14.5 Å². The number of benzene rings is 3. The summed E-state index contributed by atoms with van der Waals surface area (Å²) in [6, 6.07) is 18.9. The molecule has 6 rings (SSSR count). The number of halogens is 1. The van der Waals surface area contributed by atoms with Gasteiger partial charge in [-0.1, -0.05) is 36.4 Å². The lowest BCUT2D eigenvalue weighted by Gasteiger charge is -2.28. The van der Waals surface area contributed by atoms with Crippen LogP contribution in [0.5, 0.6) is 11.5 Å². The Balaban J connectivity index is 1.69. The summed E-state index contributed by atoms with van der Waals surface area (Å²) in [6.07, 6.45) is 0.0560. The summed E-state index contributed by atoms with van der Waals surface area (Å²) in [5, 5.41) is 2.94. The molecule has 0 radical (unpaired) electrons. The molecule has 9 heteroatoms. The van der Waals surface area contributed by atoms with Crippen molar-refractivity contribution in [2.45, 2.75) is 18.9 Å². The maximum Gasteiger partial charge on any atom is 0.261 e. The molecule has 0 saturated carbocycles. The average Bonchev–Trinajstić information content (AvgIpc) is 3.30. The van der Waals surface area contributed by atoms with E-state index in [1.165, 1.54) is 19.2 Å². The van der Waals surface area contributed by atoms with E-state index in [9.17, 15) is 14.0 Å². The van der Waals surface area contributed by atoms with Gasteiger partial charge in [-0.2, -0.15) is 0 Å². The zero-order valence-electron chi connectivity index (χ0n) is 20.2. The summed E-state index contributed by atoms with van der Waals surface area (Å²) in [4.78, 5) is 32.0. The van der Waals surface area contributed by atoms with E-state index in [0.717, 1.165) is 11.1 Å². The second-order valence-electron chi connectivity index (χ2n) is 8.90. The second kappa shape index (κ2) is 8.77. The van der Waals surface area contributed by atoms with E-state index in [1.54, 1.807) is 29.9 Å². The second-order valence-corrected chi connectivity index (χ2v) is 8.90. The van der Waals surface area contributed by atoms with Crippen molar-refractivity contribution in [3.63, 3.8) is 0 Å². The standard InChI is InChI=1S/C28H23FN4O4/c1-36-22-9-5-6-18(25(22)37-2)19-14-23(34)31-26-24(19)27(35)32(15-16-10-12-17(29)13-11-16)28-30-20-7-3-4-8-21(20)33(26)28/h3-13,19H,14-15H2,1-2H3,(H,31,34)/t19-/m0/s1. The monoisotopic (exact) mass is 498 g/mol. The molecule has 0 unspecified atom stereocenters. The fraction of sp³-hybridized carbons (Fsp3) is 0.179. The predicted molar refractivity (Wildman–Crippen MR) is 137 cm³/mol. The topological polar surface area (TPSA) is 86.9 Å². The number of carbonyl (C=O) groups excluding carboxylic acids is 1. The normalized spacial score (nSPS) is 15.0. The number of imidazole rings is 1. The number of aromatic nitrogens is 3. The molecular weight excluding hydrogens is 475 g/mol. The van der Waals surface area contributed by atoms with E-state index in [1.807, 2.05) is 40.8 Å². The highest BCUT2D eigenvalue weighted by Crippen LogP contribution is 2.43. The van der Waals surface area contributed by atoms with E-state index in [0.29, 0.717) is 39.7 Å². The van der Waals surface area contributed by atoms with Crippen LogP contribution in [0.3, 0.4) is 0 Å². The molecule has 1 aliphatic rings. The van der Waals surface area contributed by atoms with Crippen molar-refractivity contribution in [1.29, 1.82) is 0 Å². The molecule has 1 aliphatic heterocycles. The number of fused-ring (bicyclic) bond motifs is 5. The van der Waals surface area contributed by atoms with Gasteiger partial charge in [-0.25, -0.2) is 9.37 Å². The average molecular weight is 499 g/mol. The summed E-state index contributed by atoms with van der Waals surface area (Å²) in [5.74, 6) is 0.571. The van der Waals surface area contributed by atoms with Crippen LogP contribution in [0.15, 0.2) is 71.5 Å². The fourth-order valence-electron chi connectivity index (χ4n) is 5.15. The minimum Gasteiger partial charge on any atom is -0.493 e. The van der Waals surface area contributed by atoms with Crippen LogP contribution >= 0.6 is 0 Å². The third-order valence-electron chi connectivity index (χ3n) is 6.80. The molecule has 1 atom stereocenters. The largest absolute Gasteiger partial charge is 0.493 e. The number of amides is 1. The molecule has 37 heavy (non-hydrogen) atoms. The highest BCUT2D eigenvalue weighted by Gasteiger charge is 2.35. The maximum atomic E-state index is 14.2. The summed E-state index contributed by atoms with van der Waals surface area (Å²) in [7, 11) is 3.07. The van der Waals surface area contributed by atoms with Crippen LogP contribution in [-0.4, -0.2) is 34.1 Å². The van der Waals surface area contributed by atoms with E-state index >= 15 is 0 Å². The molecule has 0 spiro atoms. The van der Waals surface area contributed by atoms with Gasteiger partial charge in [0, 0.05) is 17.9 Å². The first kappa shape index (κ1) is 22.8. The summed E-state index contributed by atoms with van der Waals surface area (Å²) >= 11 is 0. The molecule has 1 N–H and O–H groups in total. The number of ether oxygens (including phenoxy) is 2. The first-order chi connectivity index (χ1) is 18.0. The van der Waals surface area contributed by atoms with Crippen molar-refractivity contribution in [2.75, 3.05) is 19.5 Å². The number of hydrogen-bond acceptors (Lipinski definition) is 5. The van der Waals surface area contributed by atoms with Gasteiger partial charge < -0.3 is 14.8 Å². The lowest BCUT2D eigenvalue weighted by molar-refractivity contribution is -0.116. The molecule has 1 amide bonds. The van der Waals surface area contributed by atoms with Crippen molar-refractivity contribution >= 4 is 28.5 Å². The van der Waals surface area contributed by atoms with Gasteiger partial charge in [-0.05, 0) is 35.9 Å². The van der Waals surface area contributed by atoms with Crippen molar-refractivity contribution in [2.24, 2.45) is 0 Å². The molecule has 3 aromatic carbocycles. The maximum absolute atomic E-state index is 14.2. The van der Waals surface area contributed by atoms with Crippen molar-refractivity contribution in [3.8, 4) is 11.5 Å². The van der Waals surface area contributed by atoms with Gasteiger partial charge in [-0.3, -0.25) is 18.6 Å². The third-order valence-corrected chi connectivity index (χ3v) is 6.80. The molecule has 5 aromatic rings. The highest BCUT2D eigenvalue weighted by molar-refractivity contribution is 5.96. The molecule has 8 nitrogen and oxygen atoms in total. The number of anilines is 1. The zero-order chi connectivity index (χ0) is 25.7. The van der Waals surface area contributed by atoms with Crippen molar-refractivity contribution in [1.82, 2.24) is 14.0 Å². The Labute approximate surface area is 210 Å². The SMILES string of the molecule is COc1cccc([C@@H]2CC(=O)Nc3c2c(=O)n(Cc2ccc(F)cc2)c2nc4ccccc4n32)c1OC. The van der Waals surface area contributed by atoms with Gasteiger partial charge in [0.15, 0.2) is 11.5 Å². The molecule has 0 bridgehead atoms. The molecule has 0 saturated heterocycles. The Bertz CT molecular complexity index is 1740. The zero-order valence-corrected chi connectivity index (χ0v) is 20.2. The van der Waals surface area contributed by atoms with Gasteiger partial charge in [0.05, 0.1) is 37.4 Å². The van der Waals surface area contributed by atoms with Crippen LogP contribution < -0.4 is 20.3 Å². The molecule has 186 valence electrons. The first-order valence-corrected chi connectivity index (χ1v) is 11.8. The summed E-state index contributed by atoms with van der Waals surface area (Å²) in [6.45, 7) is 0.176. The first-order valence-electron chi connectivity index (χ1n) is 11.8. The number of hydrogen-bond donors (Lipinski definition) is 1. The predicted octanol–water partition coefficient (Wildman–Crippen LogP) is 4.33. The van der Waals surface area contributed by atoms with Crippen LogP contribution in [-0.2, 0) is 11.3 Å². The number of carbonyl (C=O) groups is 1. The fourth-order valence-corrected chi connectivity index (χ4v) is 5.15. The molecule has 0 aliphatic carbocycles. The third kappa shape index (κ3) is 3.62. The lowest BCUT2D eigenvalue weighted by atomic mass is 9.86. The number of nitrogens with one attached hydrogen (secondary N) is 1. The Kier molecular flexibility index (Phi) is 5.40. The molecule has 2 aromatic heterocycles. The van der Waals surface area contributed by atoms with E-state index in [2.05, 4.69) is 5.32 Å². The number of rotatable bonds is 5.